The van der Waals surface area contributed by atoms with Gasteiger partial charge < -0.3 is 5.32 Å². The zero-order valence-corrected chi connectivity index (χ0v) is 14.8. The van der Waals surface area contributed by atoms with E-state index in [0.29, 0.717) is 12.0 Å². The Balaban J connectivity index is 1.84. The normalized spacial score (nSPS) is 21.2. The lowest BCUT2D eigenvalue weighted by atomic mass is 9.78. The molecule has 1 N–H and O–H groups in total. The van der Waals surface area contributed by atoms with Crippen LogP contribution in [-0.4, -0.2) is 6.54 Å². The highest BCUT2D eigenvalue weighted by Crippen LogP contribution is 2.38. The second kappa shape index (κ2) is 7.08. The molecule has 0 saturated heterocycles. The van der Waals surface area contributed by atoms with Crippen LogP contribution in [0.1, 0.15) is 41.8 Å². The van der Waals surface area contributed by atoms with E-state index in [2.05, 4.69) is 63.9 Å². The van der Waals surface area contributed by atoms with E-state index in [1.165, 1.54) is 46.2 Å². The van der Waals surface area contributed by atoms with Crippen molar-refractivity contribution in [3.8, 4) is 0 Å². The molecule has 1 aliphatic carbocycles. The largest absolute Gasteiger partial charge is 0.310 e. The molecule has 2 atom stereocenters. The summed E-state index contributed by atoms with van der Waals surface area (Å²) in [6.07, 6.45) is 4.86. The van der Waals surface area contributed by atoms with Crippen LogP contribution < -0.4 is 5.32 Å². The summed E-state index contributed by atoms with van der Waals surface area (Å²) in [7, 11) is 0. The number of rotatable bonds is 5. The summed E-state index contributed by atoms with van der Waals surface area (Å²) in [6.45, 7) is 3.34. The summed E-state index contributed by atoms with van der Waals surface area (Å²) in [5.74, 6) is 0.696. The molecule has 0 bridgehead atoms. The predicted octanol–water partition coefficient (Wildman–Crippen LogP) is 5.36. The van der Waals surface area contributed by atoms with Gasteiger partial charge in [-0.15, -0.1) is 11.3 Å². The molecule has 3 rings (SSSR count). The number of nitrogens with one attached hydrogen (secondary N) is 1. The van der Waals surface area contributed by atoms with Crippen LogP contribution in [0, 0.1) is 5.92 Å². The maximum Gasteiger partial charge on any atom is 0.0354 e. The van der Waals surface area contributed by atoms with Crippen LogP contribution in [0.5, 0.6) is 0 Å². The summed E-state index contributed by atoms with van der Waals surface area (Å²) in [5.41, 5.74) is 3.06. The Morgan fingerprint density at radius 3 is 2.90 bits per heavy atom. The molecule has 0 spiro atoms. The maximum atomic E-state index is 3.80. The first-order valence-electron chi connectivity index (χ1n) is 7.82. The molecule has 1 aromatic heterocycles. The minimum Gasteiger partial charge on any atom is -0.310 e. The molecule has 1 nitrogen and oxygen atoms in total. The first kappa shape index (κ1) is 15.3. The maximum absolute atomic E-state index is 3.80. The van der Waals surface area contributed by atoms with Crippen molar-refractivity contribution in [2.45, 2.75) is 38.6 Å². The van der Waals surface area contributed by atoms with Crippen molar-refractivity contribution in [2.24, 2.45) is 5.92 Å². The zero-order valence-electron chi connectivity index (χ0n) is 12.4. The van der Waals surface area contributed by atoms with Gasteiger partial charge in [0.25, 0.3) is 0 Å². The Labute approximate surface area is 139 Å². The number of aryl methyl sites for hydroxylation is 1. The van der Waals surface area contributed by atoms with Crippen molar-refractivity contribution in [3.05, 3.63) is 56.2 Å². The van der Waals surface area contributed by atoms with E-state index in [4.69, 9.17) is 0 Å². The monoisotopic (exact) mass is 363 g/mol. The molecule has 0 aliphatic heterocycles. The highest BCUT2D eigenvalue weighted by Gasteiger charge is 2.29. The average Bonchev–Trinajstić information content (AvgIpc) is 2.91. The Kier molecular flexibility index (Phi) is 5.15. The van der Waals surface area contributed by atoms with Gasteiger partial charge in [-0.3, -0.25) is 0 Å². The van der Waals surface area contributed by atoms with E-state index >= 15 is 0 Å². The van der Waals surface area contributed by atoms with Crippen molar-refractivity contribution in [2.75, 3.05) is 6.54 Å². The van der Waals surface area contributed by atoms with Gasteiger partial charge in [0.2, 0.25) is 0 Å². The topological polar surface area (TPSA) is 12.0 Å². The van der Waals surface area contributed by atoms with Crippen LogP contribution in [0.25, 0.3) is 0 Å². The van der Waals surface area contributed by atoms with Crippen LogP contribution in [0.2, 0.25) is 0 Å². The third-order valence-corrected chi connectivity index (χ3v) is 6.35. The highest BCUT2D eigenvalue weighted by molar-refractivity contribution is 9.10. The molecule has 0 radical (unpaired) electrons. The summed E-state index contributed by atoms with van der Waals surface area (Å²) in [6, 6.07) is 11.6. The van der Waals surface area contributed by atoms with Gasteiger partial charge in [0.15, 0.2) is 0 Å². The van der Waals surface area contributed by atoms with Gasteiger partial charge >= 0.3 is 0 Å². The van der Waals surface area contributed by atoms with Crippen molar-refractivity contribution >= 4 is 27.3 Å². The fraction of sp³-hybridized carbons (Fsp3) is 0.444. The second-order valence-electron chi connectivity index (χ2n) is 5.83. The molecule has 0 amide bonds. The molecule has 112 valence electrons. The molecule has 2 unspecified atom stereocenters. The standard InChI is InChI=1S/C18H22BrNS/c1-2-10-20-18-14(12-17-16(19)9-11-21-17)8-7-13-5-3-4-6-15(13)18/h3-6,9,11,14,18,20H,2,7-8,10,12H2,1H3. The lowest BCUT2D eigenvalue weighted by Gasteiger charge is -2.34. The third-order valence-electron chi connectivity index (χ3n) is 4.40. The Bertz CT molecular complexity index is 592. The first-order chi connectivity index (χ1) is 10.3. The minimum absolute atomic E-state index is 0.504. The average molecular weight is 364 g/mol. The lowest BCUT2D eigenvalue weighted by Crippen LogP contribution is -2.34. The van der Waals surface area contributed by atoms with E-state index in [1.807, 2.05) is 11.3 Å². The van der Waals surface area contributed by atoms with Crippen LogP contribution in [0.4, 0.5) is 0 Å². The molecule has 3 heteroatoms. The summed E-state index contributed by atoms with van der Waals surface area (Å²) in [5, 5.41) is 5.98. The number of thiophene rings is 1. The fourth-order valence-corrected chi connectivity index (χ4v) is 4.94. The van der Waals surface area contributed by atoms with E-state index in [1.54, 1.807) is 0 Å². The van der Waals surface area contributed by atoms with Crippen LogP contribution >= 0.6 is 27.3 Å². The van der Waals surface area contributed by atoms with Gasteiger partial charge in [-0.2, -0.15) is 0 Å². The SMILES string of the molecule is CCCNC1c2ccccc2CCC1Cc1sccc1Br. The zero-order chi connectivity index (χ0) is 14.7. The number of benzene rings is 1. The summed E-state index contributed by atoms with van der Waals surface area (Å²) >= 11 is 5.56. The van der Waals surface area contributed by atoms with Crippen molar-refractivity contribution in [1.82, 2.24) is 5.32 Å². The van der Waals surface area contributed by atoms with E-state index in [0.717, 1.165) is 6.54 Å². The van der Waals surface area contributed by atoms with Crippen molar-refractivity contribution < 1.29 is 0 Å². The van der Waals surface area contributed by atoms with Gasteiger partial charge in [0, 0.05) is 15.4 Å². The van der Waals surface area contributed by atoms with Crippen LogP contribution in [-0.2, 0) is 12.8 Å². The minimum atomic E-state index is 0.504. The van der Waals surface area contributed by atoms with Crippen molar-refractivity contribution in [1.29, 1.82) is 0 Å². The summed E-state index contributed by atoms with van der Waals surface area (Å²) in [4.78, 5) is 1.49. The van der Waals surface area contributed by atoms with Crippen LogP contribution in [0.15, 0.2) is 40.2 Å². The van der Waals surface area contributed by atoms with Gasteiger partial charge in [-0.1, -0.05) is 31.2 Å². The quantitative estimate of drug-likeness (QED) is 0.753. The molecular weight excluding hydrogens is 342 g/mol. The molecular formula is C18H22BrNS. The van der Waals surface area contributed by atoms with E-state index in [-0.39, 0.29) is 0 Å². The molecule has 1 aliphatic rings. The first-order valence-corrected chi connectivity index (χ1v) is 9.50. The number of hydrogen-bond acceptors (Lipinski definition) is 2. The van der Waals surface area contributed by atoms with Gasteiger partial charge in [-0.25, -0.2) is 0 Å². The van der Waals surface area contributed by atoms with E-state index in [9.17, 15) is 0 Å². The van der Waals surface area contributed by atoms with Gasteiger partial charge in [0.05, 0.1) is 0 Å². The molecule has 0 fully saturated rings. The predicted molar refractivity (Wildman–Crippen MR) is 95.0 cm³/mol. The molecule has 1 heterocycles. The molecule has 21 heavy (non-hydrogen) atoms. The number of halogens is 1. The molecule has 1 aromatic carbocycles. The summed E-state index contributed by atoms with van der Waals surface area (Å²) < 4.78 is 1.28. The number of hydrogen-bond donors (Lipinski definition) is 1. The van der Waals surface area contributed by atoms with E-state index < -0.39 is 0 Å². The lowest BCUT2D eigenvalue weighted by molar-refractivity contribution is 0.320. The highest BCUT2D eigenvalue weighted by atomic mass is 79.9. The number of fused-ring (bicyclic) bond motifs is 1. The fourth-order valence-electron chi connectivity index (χ4n) is 3.33. The third kappa shape index (κ3) is 3.41. The second-order valence-corrected chi connectivity index (χ2v) is 7.68. The Hall–Kier alpha value is -0.640. The van der Waals surface area contributed by atoms with Crippen molar-refractivity contribution in [3.63, 3.8) is 0 Å². The van der Waals surface area contributed by atoms with Gasteiger partial charge in [0.1, 0.15) is 0 Å². The molecule has 0 saturated carbocycles. The Morgan fingerprint density at radius 2 is 2.14 bits per heavy atom. The van der Waals surface area contributed by atoms with Gasteiger partial charge in [-0.05, 0) is 76.6 Å². The molecule has 2 aromatic rings. The van der Waals surface area contributed by atoms with Crippen LogP contribution in [0.3, 0.4) is 0 Å². The smallest absolute Gasteiger partial charge is 0.0354 e. The Morgan fingerprint density at radius 1 is 1.29 bits per heavy atom.